The van der Waals surface area contributed by atoms with Crippen molar-refractivity contribution in [3.8, 4) is 0 Å². The van der Waals surface area contributed by atoms with Crippen LogP contribution in [0.25, 0.3) is 10.9 Å². The fourth-order valence-electron chi connectivity index (χ4n) is 2.74. The van der Waals surface area contributed by atoms with Crippen LogP contribution in [-0.4, -0.2) is 21.2 Å². The van der Waals surface area contributed by atoms with Crippen molar-refractivity contribution in [3.63, 3.8) is 0 Å². The Labute approximate surface area is 156 Å². The van der Waals surface area contributed by atoms with Crippen LogP contribution in [0, 0.1) is 0 Å². The lowest BCUT2D eigenvalue weighted by atomic mass is 10.1. The van der Waals surface area contributed by atoms with E-state index in [1.54, 1.807) is 48.5 Å². The quantitative estimate of drug-likeness (QED) is 0.496. The fourth-order valence-corrected chi connectivity index (χ4v) is 2.74. The third-order valence-electron chi connectivity index (χ3n) is 4.17. The maximum Gasteiger partial charge on any atom is 0.262 e. The van der Waals surface area contributed by atoms with Crippen molar-refractivity contribution < 1.29 is 9.59 Å². The summed E-state index contributed by atoms with van der Waals surface area (Å²) in [7, 11) is 0. The molecule has 0 aliphatic carbocycles. The zero-order chi connectivity index (χ0) is 19.2. The topological polar surface area (TPSA) is 93.1 Å². The molecule has 3 rings (SSSR count). The van der Waals surface area contributed by atoms with E-state index in [4.69, 9.17) is 0 Å². The van der Waals surface area contributed by atoms with Crippen molar-refractivity contribution in [1.29, 1.82) is 0 Å². The van der Waals surface area contributed by atoms with Gasteiger partial charge in [0.2, 0.25) is 11.9 Å². The van der Waals surface area contributed by atoms with Gasteiger partial charge in [0, 0.05) is 24.9 Å². The summed E-state index contributed by atoms with van der Waals surface area (Å²) in [5.74, 6) is -0.201. The highest BCUT2D eigenvalue weighted by Gasteiger charge is 2.12. The molecule has 2 N–H and O–H groups in total. The number of hydrogen-bond acceptors (Lipinski definition) is 5. The predicted octanol–water partition coefficient (Wildman–Crippen LogP) is 2.52. The van der Waals surface area contributed by atoms with Crippen molar-refractivity contribution in [2.45, 2.75) is 26.3 Å². The highest BCUT2D eigenvalue weighted by atomic mass is 16.2. The molecule has 1 heterocycles. The summed E-state index contributed by atoms with van der Waals surface area (Å²) in [6, 6.07) is 15.9. The third-order valence-corrected chi connectivity index (χ3v) is 4.17. The number of para-hydroxylation sites is 1. The van der Waals surface area contributed by atoms with Gasteiger partial charge in [0.25, 0.3) is 5.56 Å². The second-order valence-corrected chi connectivity index (χ2v) is 5.96. The van der Waals surface area contributed by atoms with Crippen LogP contribution in [0.2, 0.25) is 0 Å². The Kier molecular flexibility index (Phi) is 5.61. The van der Waals surface area contributed by atoms with Crippen LogP contribution >= 0.6 is 0 Å². The first-order chi connectivity index (χ1) is 13.1. The fraction of sp³-hybridized carbons (Fsp3) is 0.200. The Morgan fingerprint density at radius 2 is 1.70 bits per heavy atom. The normalized spacial score (nSPS) is 10.6. The Morgan fingerprint density at radius 3 is 2.44 bits per heavy atom. The number of amides is 1. The molecule has 0 saturated carbocycles. The van der Waals surface area contributed by atoms with Gasteiger partial charge in [-0.1, -0.05) is 42.5 Å². The largest absolute Gasteiger partial charge is 0.294 e. The monoisotopic (exact) mass is 364 g/mol. The van der Waals surface area contributed by atoms with E-state index in [0.29, 0.717) is 23.0 Å². The second kappa shape index (κ2) is 8.27. The van der Waals surface area contributed by atoms with E-state index in [0.717, 1.165) is 0 Å². The molecule has 0 bridgehead atoms. The number of anilines is 1. The number of nitrogens with zero attached hydrogens (tertiary/aromatic N) is 2. The Morgan fingerprint density at radius 1 is 1.00 bits per heavy atom. The van der Waals surface area contributed by atoms with Gasteiger partial charge >= 0.3 is 0 Å². The summed E-state index contributed by atoms with van der Waals surface area (Å²) in [5.41, 5.74) is 6.15. The number of carbonyl (C=O) groups is 2. The maximum atomic E-state index is 12.5. The van der Waals surface area contributed by atoms with Crippen LogP contribution in [-0.2, 0) is 11.3 Å². The summed E-state index contributed by atoms with van der Waals surface area (Å²) < 4.78 is 1.44. The molecule has 7 heteroatoms. The number of nitrogens with one attached hydrogen (secondary N) is 2. The molecule has 0 saturated heterocycles. The number of aromatic nitrogens is 2. The summed E-state index contributed by atoms with van der Waals surface area (Å²) in [4.78, 5) is 41.0. The van der Waals surface area contributed by atoms with Crippen molar-refractivity contribution >= 4 is 28.5 Å². The van der Waals surface area contributed by atoms with Gasteiger partial charge in [-0.25, -0.2) is 4.98 Å². The molecule has 1 amide bonds. The van der Waals surface area contributed by atoms with Gasteiger partial charge in [-0.3, -0.25) is 29.8 Å². The highest BCUT2D eigenvalue weighted by Crippen LogP contribution is 2.10. The highest BCUT2D eigenvalue weighted by molar-refractivity contribution is 5.97. The minimum absolute atomic E-state index is 0.0324. The molecule has 2 aromatic carbocycles. The molecule has 0 fully saturated rings. The van der Waals surface area contributed by atoms with Gasteiger partial charge in [-0.05, 0) is 19.1 Å². The van der Waals surface area contributed by atoms with E-state index in [2.05, 4.69) is 15.8 Å². The Balaban J connectivity index is 1.65. The summed E-state index contributed by atoms with van der Waals surface area (Å²) in [6.07, 6.45) is 0.133. The van der Waals surface area contributed by atoms with Gasteiger partial charge in [0.1, 0.15) is 0 Å². The third kappa shape index (κ3) is 4.20. The molecule has 0 aliphatic rings. The summed E-state index contributed by atoms with van der Waals surface area (Å²) in [5, 5.41) is 0.518. The zero-order valence-electron chi connectivity index (χ0n) is 14.9. The van der Waals surface area contributed by atoms with Crippen LogP contribution in [0.15, 0.2) is 59.4 Å². The molecule has 0 atom stereocenters. The minimum Gasteiger partial charge on any atom is -0.294 e. The molecule has 0 spiro atoms. The molecule has 0 unspecified atom stereocenters. The van der Waals surface area contributed by atoms with Crippen molar-refractivity contribution in [3.05, 3.63) is 70.5 Å². The van der Waals surface area contributed by atoms with Crippen LogP contribution in [0.5, 0.6) is 0 Å². The van der Waals surface area contributed by atoms with Gasteiger partial charge in [-0.15, -0.1) is 0 Å². The van der Waals surface area contributed by atoms with Crippen LogP contribution in [0.3, 0.4) is 0 Å². The Hall–Kier alpha value is -3.48. The number of Topliss-reactive ketones (excluding diaryl/α,β-unsaturated/α-hetero) is 1. The van der Waals surface area contributed by atoms with Gasteiger partial charge in [0.15, 0.2) is 5.78 Å². The first-order valence-corrected chi connectivity index (χ1v) is 8.73. The molecule has 1 aromatic heterocycles. The average molecular weight is 364 g/mol. The van der Waals surface area contributed by atoms with E-state index in [9.17, 15) is 14.4 Å². The number of hydrogen-bond donors (Lipinski definition) is 2. The first kappa shape index (κ1) is 18.3. The lowest BCUT2D eigenvalue weighted by Crippen LogP contribution is -2.34. The van der Waals surface area contributed by atoms with Crippen molar-refractivity contribution in [1.82, 2.24) is 15.0 Å². The number of rotatable bonds is 7. The lowest BCUT2D eigenvalue weighted by molar-refractivity contribution is -0.120. The predicted molar refractivity (Wildman–Crippen MR) is 103 cm³/mol. The van der Waals surface area contributed by atoms with Crippen molar-refractivity contribution in [2.75, 3.05) is 5.43 Å². The first-order valence-electron chi connectivity index (χ1n) is 8.73. The molecule has 0 aliphatic heterocycles. The standard InChI is InChI=1S/C20H20N4O3/c1-2-24-19(27)15-10-6-7-11-16(15)21-20(24)23-22-18(26)13-12-17(25)14-8-4-3-5-9-14/h3-11H,2,12-13H2,1H3,(H,21,23)(H,22,26). The molecular weight excluding hydrogens is 344 g/mol. The van der Waals surface area contributed by atoms with E-state index in [1.165, 1.54) is 4.57 Å². The Bertz CT molecular complexity index is 1030. The second-order valence-electron chi connectivity index (χ2n) is 5.96. The molecular formula is C20H20N4O3. The SMILES string of the molecule is CCn1c(NNC(=O)CCC(=O)c2ccccc2)nc2ccccc2c1=O. The number of carbonyl (C=O) groups excluding carboxylic acids is 2. The smallest absolute Gasteiger partial charge is 0.262 e. The summed E-state index contributed by atoms with van der Waals surface area (Å²) in [6.45, 7) is 2.23. The van der Waals surface area contributed by atoms with Gasteiger partial charge < -0.3 is 0 Å². The van der Waals surface area contributed by atoms with Gasteiger partial charge in [0.05, 0.1) is 10.9 Å². The maximum absolute atomic E-state index is 12.5. The number of hydrazine groups is 1. The molecule has 0 radical (unpaired) electrons. The lowest BCUT2D eigenvalue weighted by Gasteiger charge is -2.14. The average Bonchev–Trinajstić information content (AvgIpc) is 2.71. The van der Waals surface area contributed by atoms with Crippen LogP contribution in [0.4, 0.5) is 5.95 Å². The van der Waals surface area contributed by atoms with Crippen LogP contribution in [0.1, 0.15) is 30.1 Å². The molecule has 27 heavy (non-hydrogen) atoms. The summed E-state index contributed by atoms with van der Waals surface area (Å²) >= 11 is 0. The number of benzene rings is 2. The molecule has 138 valence electrons. The van der Waals surface area contributed by atoms with Gasteiger partial charge in [-0.2, -0.15) is 0 Å². The van der Waals surface area contributed by atoms with Crippen molar-refractivity contribution in [2.24, 2.45) is 0 Å². The minimum atomic E-state index is -0.357. The van der Waals surface area contributed by atoms with E-state index >= 15 is 0 Å². The van der Waals surface area contributed by atoms with E-state index in [-0.39, 0.29) is 36.0 Å². The van der Waals surface area contributed by atoms with Crippen LogP contribution < -0.4 is 16.4 Å². The number of fused-ring (bicyclic) bond motifs is 1. The van der Waals surface area contributed by atoms with E-state index < -0.39 is 0 Å². The van der Waals surface area contributed by atoms with E-state index in [1.807, 2.05) is 13.0 Å². The molecule has 7 nitrogen and oxygen atoms in total. The zero-order valence-corrected chi connectivity index (χ0v) is 14.9. The molecule has 3 aromatic rings. The number of ketones is 1.